The maximum atomic E-state index is 13.3. The van der Waals surface area contributed by atoms with E-state index >= 15 is 0 Å². The summed E-state index contributed by atoms with van der Waals surface area (Å²) in [6, 6.07) is 7.19. The van der Waals surface area contributed by atoms with E-state index in [2.05, 4.69) is 5.32 Å². The summed E-state index contributed by atoms with van der Waals surface area (Å²) in [5.41, 5.74) is 0.775. The van der Waals surface area contributed by atoms with Crippen LogP contribution in [0.2, 0.25) is 0 Å². The van der Waals surface area contributed by atoms with E-state index in [1.807, 2.05) is 6.07 Å². The van der Waals surface area contributed by atoms with Crippen LogP contribution < -0.4 is 5.32 Å². The normalized spacial score (nSPS) is 11.3. The molecule has 0 aliphatic rings. The first kappa shape index (κ1) is 14.5. The first-order valence-electron chi connectivity index (χ1n) is 5.25. The summed E-state index contributed by atoms with van der Waals surface area (Å²) in [7, 11) is 0. The van der Waals surface area contributed by atoms with Crippen LogP contribution in [0.15, 0.2) is 41.1 Å². The molecule has 1 aromatic rings. The molecule has 1 rings (SSSR count). The lowest BCUT2D eigenvalue weighted by molar-refractivity contribution is 0.195. The number of halogens is 1. The number of carboxylic acid groups (broad SMARTS) is 1. The number of aliphatic hydroxyl groups excluding tert-OH is 1. The van der Waals surface area contributed by atoms with Crippen LogP contribution in [0, 0.1) is 0 Å². The lowest BCUT2D eigenvalue weighted by Crippen LogP contribution is -2.20. The summed E-state index contributed by atoms with van der Waals surface area (Å²) in [5.74, 6) is -0.251. The standard InChI is InChI=1S/C12H14FNO3S/c13-10(4-5-14-12(16)17)8-18-11-3-1-2-9(6-11)7-15/h1-4,6,14-15H,5,7-8H2,(H,16,17). The Morgan fingerprint density at radius 1 is 1.50 bits per heavy atom. The van der Waals surface area contributed by atoms with Gasteiger partial charge in [-0.25, -0.2) is 9.18 Å². The van der Waals surface area contributed by atoms with Crippen molar-refractivity contribution in [1.29, 1.82) is 0 Å². The Morgan fingerprint density at radius 3 is 2.94 bits per heavy atom. The fraction of sp³-hybridized carbons (Fsp3) is 0.250. The van der Waals surface area contributed by atoms with Crippen LogP contribution in [0.4, 0.5) is 9.18 Å². The van der Waals surface area contributed by atoms with Crippen LogP contribution in [0.1, 0.15) is 5.56 Å². The van der Waals surface area contributed by atoms with Crippen LogP contribution >= 0.6 is 11.8 Å². The second-order valence-corrected chi connectivity index (χ2v) is 4.48. The Kier molecular flexibility index (Phi) is 6.24. The third-order valence-electron chi connectivity index (χ3n) is 2.03. The fourth-order valence-electron chi connectivity index (χ4n) is 1.19. The number of hydrogen-bond acceptors (Lipinski definition) is 3. The molecule has 0 atom stereocenters. The van der Waals surface area contributed by atoms with Gasteiger partial charge in [-0.1, -0.05) is 12.1 Å². The molecule has 0 saturated heterocycles. The number of hydrogen-bond donors (Lipinski definition) is 3. The predicted molar refractivity (Wildman–Crippen MR) is 68.3 cm³/mol. The molecule has 0 aliphatic heterocycles. The predicted octanol–water partition coefficient (Wildman–Crippen LogP) is 2.39. The van der Waals surface area contributed by atoms with Gasteiger partial charge >= 0.3 is 6.09 Å². The van der Waals surface area contributed by atoms with E-state index in [-0.39, 0.29) is 24.7 Å². The lowest BCUT2D eigenvalue weighted by atomic mass is 10.2. The van der Waals surface area contributed by atoms with Crippen molar-refractivity contribution in [2.45, 2.75) is 11.5 Å². The molecule has 1 aromatic carbocycles. The molecule has 18 heavy (non-hydrogen) atoms. The second-order valence-electron chi connectivity index (χ2n) is 3.43. The largest absolute Gasteiger partial charge is 0.465 e. The molecule has 0 bridgehead atoms. The van der Waals surface area contributed by atoms with Crippen LogP contribution in [-0.2, 0) is 6.61 Å². The van der Waals surface area contributed by atoms with Crippen LogP contribution in [0.25, 0.3) is 0 Å². The van der Waals surface area contributed by atoms with Crippen LogP contribution in [0.3, 0.4) is 0 Å². The Labute approximate surface area is 109 Å². The molecule has 0 spiro atoms. The Hall–Kier alpha value is -1.53. The SMILES string of the molecule is O=C(O)NCC=C(F)CSc1cccc(CO)c1. The second kappa shape index (κ2) is 7.73. The topological polar surface area (TPSA) is 69.6 Å². The summed E-state index contributed by atoms with van der Waals surface area (Å²) in [6.45, 7) is -0.0896. The maximum Gasteiger partial charge on any atom is 0.404 e. The van der Waals surface area contributed by atoms with Gasteiger partial charge in [0.2, 0.25) is 0 Å². The number of amides is 1. The minimum Gasteiger partial charge on any atom is -0.465 e. The fourth-order valence-corrected chi connectivity index (χ4v) is 2.03. The smallest absolute Gasteiger partial charge is 0.404 e. The molecule has 6 heteroatoms. The molecule has 0 unspecified atom stereocenters. The molecule has 1 amide bonds. The van der Waals surface area contributed by atoms with Crippen LogP contribution in [0.5, 0.6) is 0 Å². The summed E-state index contributed by atoms with van der Waals surface area (Å²) in [6.07, 6.45) is 0.0131. The van der Waals surface area contributed by atoms with Crippen molar-refractivity contribution in [2.24, 2.45) is 0 Å². The Balaban J connectivity index is 2.41. The summed E-state index contributed by atoms with van der Waals surface area (Å²) >= 11 is 1.29. The molecular formula is C12H14FNO3S. The van der Waals surface area contributed by atoms with Crippen molar-refractivity contribution in [3.63, 3.8) is 0 Å². The lowest BCUT2D eigenvalue weighted by Gasteiger charge is -2.02. The Bertz CT molecular complexity index is 437. The van der Waals surface area contributed by atoms with Gasteiger partial charge < -0.3 is 15.5 Å². The maximum absolute atomic E-state index is 13.3. The minimum atomic E-state index is -1.18. The highest BCUT2D eigenvalue weighted by molar-refractivity contribution is 7.99. The molecule has 0 aromatic heterocycles. The average molecular weight is 271 g/mol. The molecule has 0 heterocycles. The highest BCUT2D eigenvalue weighted by atomic mass is 32.2. The zero-order valence-corrected chi connectivity index (χ0v) is 10.4. The van der Waals surface area contributed by atoms with Crippen molar-refractivity contribution in [3.8, 4) is 0 Å². The average Bonchev–Trinajstić information content (AvgIpc) is 2.36. The number of benzene rings is 1. The highest BCUT2D eigenvalue weighted by Crippen LogP contribution is 2.21. The first-order chi connectivity index (χ1) is 8.61. The number of rotatable bonds is 6. The Morgan fingerprint density at radius 2 is 2.28 bits per heavy atom. The van der Waals surface area contributed by atoms with Crippen molar-refractivity contribution in [2.75, 3.05) is 12.3 Å². The molecule has 0 aliphatic carbocycles. The first-order valence-corrected chi connectivity index (χ1v) is 6.24. The van der Waals surface area contributed by atoms with E-state index in [0.29, 0.717) is 0 Å². The molecular weight excluding hydrogens is 257 g/mol. The van der Waals surface area contributed by atoms with Gasteiger partial charge in [0.05, 0.1) is 6.61 Å². The number of nitrogens with one attached hydrogen (secondary N) is 1. The van der Waals surface area contributed by atoms with Gasteiger partial charge in [-0.2, -0.15) is 0 Å². The molecule has 4 nitrogen and oxygen atoms in total. The van der Waals surface area contributed by atoms with E-state index in [4.69, 9.17) is 10.2 Å². The summed E-state index contributed by atoms with van der Waals surface area (Å²) in [4.78, 5) is 11.0. The molecule has 3 N–H and O–H groups in total. The molecule has 0 fully saturated rings. The minimum absolute atomic E-state index is 0.0432. The van der Waals surface area contributed by atoms with Crippen molar-refractivity contribution in [3.05, 3.63) is 41.7 Å². The van der Waals surface area contributed by atoms with Gasteiger partial charge in [-0.3, -0.25) is 0 Å². The highest BCUT2D eigenvalue weighted by Gasteiger charge is 2.00. The summed E-state index contributed by atoms with van der Waals surface area (Å²) in [5, 5.41) is 19.3. The van der Waals surface area contributed by atoms with E-state index in [1.54, 1.807) is 18.2 Å². The van der Waals surface area contributed by atoms with E-state index in [0.717, 1.165) is 10.5 Å². The van der Waals surface area contributed by atoms with Crippen molar-refractivity contribution >= 4 is 17.9 Å². The van der Waals surface area contributed by atoms with Gasteiger partial charge in [-0.05, 0) is 23.8 Å². The molecule has 0 radical (unpaired) electrons. The van der Waals surface area contributed by atoms with Gasteiger partial charge in [0, 0.05) is 17.2 Å². The zero-order valence-electron chi connectivity index (χ0n) is 9.60. The third-order valence-corrected chi connectivity index (χ3v) is 3.04. The van der Waals surface area contributed by atoms with Gasteiger partial charge in [-0.15, -0.1) is 11.8 Å². The monoisotopic (exact) mass is 271 g/mol. The number of carbonyl (C=O) groups is 1. The zero-order chi connectivity index (χ0) is 13.4. The van der Waals surface area contributed by atoms with Crippen molar-refractivity contribution in [1.82, 2.24) is 5.32 Å². The van der Waals surface area contributed by atoms with E-state index in [1.165, 1.54) is 17.8 Å². The van der Waals surface area contributed by atoms with E-state index in [9.17, 15) is 9.18 Å². The van der Waals surface area contributed by atoms with E-state index < -0.39 is 6.09 Å². The molecule has 0 saturated carbocycles. The quantitative estimate of drug-likeness (QED) is 0.695. The van der Waals surface area contributed by atoms with Crippen molar-refractivity contribution < 1.29 is 19.4 Å². The van der Waals surface area contributed by atoms with Gasteiger partial charge in [0.1, 0.15) is 5.83 Å². The number of aliphatic hydroxyl groups is 1. The molecule has 98 valence electrons. The van der Waals surface area contributed by atoms with Gasteiger partial charge in [0.15, 0.2) is 0 Å². The number of thioether (sulfide) groups is 1. The third kappa shape index (κ3) is 5.70. The van der Waals surface area contributed by atoms with Crippen LogP contribution in [-0.4, -0.2) is 28.6 Å². The van der Waals surface area contributed by atoms with Gasteiger partial charge in [0.25, 0.3) is 0 Å². The summed E-state index contributed by atoms with van der Waals surface area (Å²) < 4.78 is 13.3.